The van der Waals surface area contributed by atoms with E-state index in [0.717, 1.165) is 5.56 Å². The van der Waals surface area contributed by atoms with Crippen LogP contribution in [-0.2, 0) is 0 Å². The molecule has 0 unspecified atom stereocenters. The van der Waals surface area contributed by atoms with Crippen LogP contribution in [0, 0.1) is 12.7 Å². The van der Waals surface area contributed by atoms with Crippen LogP contribution in [0.25, 0.3) is 0 Å². The van der Waals surface area contributed by atoms with Crippen LogP contribution in [-0.4, -0.2) is 5.91 Å². The fraction of sp³-hybridized carbons (Fsp3) is 0.235. The van der Waals surface area contributed by atoms with Crippen molar-refractivity contribution in [2.24, 2.45) is 0 Å². The number of amides is 1. The minimum Gasteiger partial charge on any atom is -0.319 e. The molecule has 0 saturated heterocycles. The van der Waals surface area contributed by atoms with Gasteiger partial charge < -0.3 is 5.32 Å². The monoisotopic (exact) mass is 271 g/mol. The number of halogens is 1. The van der Waals surface area contributed by atoms with Crippen LogP contribution in [0.5, 0.6) is 0 Å². The zero-order chi connectivity index (χ0) is 14.7. The number of hydrogen-bond donors (Lipinski definition) is 1. The lowest BCUT2D eigenvalue weighted by molar-refractivity contribution is 0.102. The van der Waals surface area contributed by atoms with E-state index in [9.17, 15) is 9.18 Å². The SMILES string of the molecule is Cc1ccc(NC(=O)c2ccc(C(C)C)cc2)c(F)c1. The van der Waals surface area contributed by atoms with E-state index in [1.54, 1.807) is 31.2 Å². The quantitative estimate of drug-likeness (QED) is 0.874. The second kappa shape index (κ2) is 5.87. The molecule has 2 aromatic rings. The Bertz CT molecular complexity index is 617. The summed E-state index contributed by atoms with van der Waals surface area (Å²) in [5, 5.41) is 2.59. The molecule has 0 aliphatic heterocycles. The average molecular weight is 271 g/mol. The predicted molar refractivity (Wildman–Crippen MR) is 79.6 cm³/mol. The summed E-state index contributed by atoms with van der Waals surface area (Å²) in [6.07, 6.45) is 0. The molecule has 0 fully saturated rings. The number of carbonyl (C=O) groups excluding carboxylic acids is 1. The summed E-state index contributed by atoms with van der Waals surface area (Å²) in [5.41, 5.74) is 2.72. The highest BCUT2D eigenvalue weighted by Gasteiger charge is 2.09. The number of anilines is 1. The molecule has 1 N–H and O–H groups in total. The maximum absolute atomic E-state index is 13.7. The van der Waals surface area contributed by atoms with Crippen LogP contribution in [0.2, 0.25) is 0 Å². The number of carbonyl (C=O) groups is 1. The zero-order valence-electron chi connectivity index (χ0n) is 11.9. The van der Waals surface area contributed by atoms with Gasteiger partial charge in [-0.2, -0.15) is 0 Å². The van der Waals surface area contributed by atoms with Gasteiger partial charge in [0.2, 0.25) is 0 Å². The molecule has 0 aliphatic rings. The molecule has 0 radical (unpaired) electrons. The predicted octanol–water partition coefficient (Wildman–Crippen LogP) is 4.51. The molecule has 3 heteroatoms. The van der Waals surface area contributed by atoms with Crippen molar-refractivity contribution in [1.29, 1.82) is 0 Å². The second-order valence-electron chi connectivity index (χ2n) is 5.21. The lowest BCUT2D eigenvalue weighted by Crippen LogP contribution is -2.13. The van der Waals surface area contributed by atoms with Crippen molar-refractivity contribution < 1.29 is 9.18 Å². The van der Waals surface area contributed by atoms with E-state index >= 15 is 0 Å². The van der Waals surface area contributed by atoms with E-state index in [1.165, 1.54) is 11.6 Å². The molecule has 1 amide bonds. The van der Waals surface area contributed by atoms with Crippen molar-refractivity contribution in [1.82, 2.24) is 0 Å². The molecule has 0 bridgehead atoms. The summed E-state index contributed by atoms with van der Waals surface area (Å²) in [6.45, 7) is 5.99. The lowest BCUT2D eigenvalue weighted by Gasteiger charge is -2.09. The van der Waals surface area contributed by atoms with Crippen molar-refractivity contribution in [3.05, 3.63) is 65.0 Å². The smallest absolute Gasteiger partial charge is 0.255 e. The van der Waals surface area contributed by atoms with E-state index in [-0.39, 0.29) is 11.6 Å². The molecule has 0 atom stereocenters. The minimum absolute atomic E-state index is 0.202. The van der Waals surface area contributed by atoms with Crippen LogP contribution in [0.3, 0.4) is 0 Å². The van der Waals surface area contributed by atoms with E-state index < -0.39 is 5.82 Å². The maximum Gasteiger partial charge on any atom is 0.255 e. The third-order valence-electron chi connectivity index (χ3n) is 3.21. The first-order valence-corrected chi connectivity index (χ1v) is 6.65. The highest BCUT2D eigenvalue weighted by atomic mass is 19.1. The summed E-state index contributed by atoms with van der Waals surface area (Å²) in [7, 11) is 0. The van der Waals surface area contributed by atoms with Crippen molar-refractivity contribution in [2.45, 2.75) is 26.7 Å². The number of rotatable bonds is 3. The molecule has 0 aromatic heterocycles. The zero-order valence-corrected chi connectivity index (χ0v) is 11.9. The van der Waals surface area contributed by atoms with Crippen LogP contribution in [0.4, 0.5) is 10.1 Å². The van der Waals surface area contributed by atoms with E-state index in [4.69, 9.17) is 0 Å². The summed E-state index contributed by atoms with van der Waals surface area (Å²) in [6, 6.07) is 12.1. The summed E-state index contributed by atoms with van der Waals surface area (Å²) < 4.78 is 13.7. The third kappa shape index (κ3) is 3.23. The molecule has 0 spiro atoms. The van der Waals surface area contributed by atoms with Gasteiger partial charge in [0.1, 0.15) is 5.82 Å². The van der Waals surface area contributed by atoms with Gasteiger partial charge in [0.05, 0.1) is 5.69 Å². The van der Waals surface area contributed by atoms with Gasteiger partial charge in [-0.1, -0.05) is 32.0 Å². The van der Waals surface area contributed by atoms with Crippen molar-refractivity contribution in [2.75, 3.05) is 5.32 Å². The summed E-state index contributed by atoms with van der Waals surface area (Å²) in [4.78, 5) is 12.1. The summed E-state index contributed by atoms with van der Waals surface area (Å²) >= 11 is 0. The number of aryl methyl sites for hydroxylation is 1. The lowest BCUT2D eigenvalue weighted by atomic mass is 10.0. The fourth-order valence-corrected chi connectivity index (χ4v) is 1.94. The van der Waals surface area contributed by atoms with Gasteiger partial charge in [-0.15, -0.1) is 0 Å². The Morgan fingerprint density at radius 3 is 2.30 bits per heavy atom. The fourth-order valence-electron chi connectivity index (χ4n) is 1.94. The van der Waals surface area contributed by atoms with Gasteiger partial charge in [-0.25, -0.2) is 4.39 Å². The molecule has 0 heterocycles. The van der Waals surface area contributed by atoms with Gasteiger partial charge in [0.15, 0.2) is 0 Å². The van der Waals surface area contributed by atoms with Gasteiger partial charge in [-0.3, -0.25) is 4.79 Å². The molecule has 0 saturated carbocycles. The highest BCUT2D eigenvalue weighted by Crippen LogP contribution is 2.18. The number of nitrogens with one attached hydrogen (secondary N) is 1. The van der Waals surface area contributed by atoms with Crippen LogP contribution < -0.4 is 5.32 Å². The first kappa shape index (κ1) is 14.3. The molecular weight excluding hydrogens is 253 g/mol. The Morgan fingerprint density at radius 2 is 1.75 bits per heavy atom. The summed E-state index contributed by atoms with van der Waals surface area (Å²) in [5.74, 6) is -0.304. The minimum atomic E-state index is -0.419. The molecular formula is C17H18FNO. The Kier molecular flexibility index (Phi) is 4.18. The van der Waals surface area contributed by atoms with Crippen LogP contribution >= 0.6 is 0 Å². The van der Waals surface area contributed by atoms with Crippen molar-refractivity contribution >= 4 is 11.6 Å². The molecule has 104 valence electrons. The van der Waals surface area contributed by atoms with Crippen LogP contribution in [0.1, 0.15) is 41.3 Å². The molecule has 2 rings (SSSR count). The van der Waals surface area contributed by atoms with E-state index in [1.807, 2.05) is 12.1 Å². The number of hydrogen-bond acceptors (Lipinski definition) is 1. The standard InChI is InChI=1S/C17H18FNO/c1-11(2)13-5-7-14(8-6-13)17(20)19-16-9-4-12(3)10-15(16)18/h4-11H,1-3H3,(H,19,20). The topological polar surface area (TPSA) is 29.1 Å². The van der Waals surface area contributed by atoms with Crippen LogP contribution in [0.15, 0.2) is 42.5 Å². The van der Waals surface area contributed by atoms with E-state index in [2.05, 4.69) is 19.2 Å². The molecule has 2 aromatic carbocycles. The molecule has 2 nitrogen and oxygen atoms in total. The third-order valence-corrected chi connectivity index (χ3v) is 3.21. The van der Waals surface area contributed by atoms with Crippen molar-refractivity contribution in [3.8, 4) is 0 Å². The van der Waals surface area contributed by atoms with Gasteiger partial charge in [0, 0.05) is 5.56 Å². The molecule has 20 heavy (non-hydrogen) atoms. The number of benzene rings is 2. The van der Waals surface area contributed by atoms with Gasteiger partial charge in [-0.05, 0) is 48.2 Å². The van der Waals surface area contributed by atoms with Gasteiger partial charge >= 0.3 is 0 Å². The highest BCUT2D eigenvalue weighted by molar-refractivity contribution is 6.04. The normalized spacial score (nSPS) is 10.7. The first-order chi connectivity index (χ1) is 9.47. The Labute approximate surface area is 118 Å². The van der Waals surface area contributed by atoms with E-state index in [0.29, 0.717) is 11.5 Å². The Balaban J connectivity index is 2.15. The molecule has 0 aliphatic carbocycles. The van der Waals surface area contributed by atoms with Crippen molar-refractivity contribution in [3.63, 3.8) is 0 Å². The Morgan fingerprint density at radius 1 is 1.10 bits per heavy atom. The maximum atomic E-state index is 13.7. The average Bonchev–Trinajstić information content (AvgIpc) is 2.42. The first-order valence-electron chi connectivity index (χ1n) is 6.65. The largest absolute Gasteiger partial charge is 0.319 e. The van der Waals surface area contributed by atoms with Gasteiger partial charge in [0.25, 0.3) is 5.91 Å². The Hall–Kier alpha value is -2.16. The second-order valence-corrected chi connectivity index (χ2v) is 5.21.